The van der Waals surface area contributed by atoms with Gasteiger partial charge in [0.1, 0.15) is 0 Å². The van der Waals surface area contributed by atoms with Crippen LogP contribution >= 0.6 is 0 Å². The highest BCUT2D eigenvalue weighted by Crippen LogP contribution is 2.28. The number of carbonyl (C=O) groups excluding carboxylic acids is 1. The fourth-order valence-corrected chi connectivity index (χ4v) is 2.98. The Hall–Kier alpha value is -0.610. The molecule has 0 radical (unpaired) electrons. The van der Waals surface area contributed by atoms with Gasteiger partial charge >= 0.3 is 0 Å². The molecule has 1 saturated carbocycles. The maximum absolute atomic E-state index is 12.1. The lowest BCUT2D eigenvalue weighted by Crippen LogP contribution is -2.58. The second-order valence-electron chi connectivity index (χ2n) is 5.49. The van der Waals surface area contributed by atoms with Crippen molar-refractivity contribution in [1.29, 1.82) is 0 Å². The molecule has 0 spiro atoms. The van der Waals surface area contributed by atoms with Crippen LogP contribution in [0.15, 0.2) is 0 Å². The molecule has 2 aliphatic rings. The van der Waals surface area contributed by atoms with Crippen molar-refractivity contribution in [3.05, 3.63) is 0 Å². The molecule has 1 aliphatic carbocycles. The van der Waals surface area contributed by atoms with E-state index in [0.29, 0.717) is 0 Å². The van der Waals surface area contributed by atoms with Gasteiger partial charge in [0.25, 0.3) is 0 Å². The SMILES string of the molecule is O=C(NC1(CO)CCCCC1)[C@@H]1CCCCN1. The molecule has 0 aromatic heterocycles. The monoisotopic (exact) mass is 240 g/mol. The number of piperidine rings is 1. The highest BCUT2D eigenvalue weighted by atomic mass is 16.3. The molecule has 2 fully saturated rings. The quantitative estimate of drug-likeness (QED) is 0.688. The van der Waals surface area contributed by atoms with Gasteiger partial charge in [0.2, 0.25) is 5.91 Å². The zero-order valence-electron chi connectivity index (χ0n) is 10.5. The first-order valence-electron chi connectivity index (χ1n) is 6.92. The van der Waals surface area contributed by atoms with Gasteiger partial charge in [0.15, 0.2) is 0 Å². The largest absolute Gasteiger partial charge is 0.394 e. The molecule has 0 bridgehead atoms. The average molecular weight is 240 g/mol. The van der Waals surface area contributed by atoms with Crippen LogP contribution in [-0.2, 0) is 4.79 Å². The van der Waals surface area contributed by atoms with Crippen molar-refractivity contribution >= 4 is 5.91 Å². The van der Waals surface area contributed by atoms with E-state index in [1.54, 1.807) is 0 Å². The van der Waals surface area contributed by atoms with Gasteiger partial charge < -0.3 is 15.7 Å². The molecule has 1 aliphatic heterocycles. The summed E-state index contributed by atoms with van der Waals surface area (Å²) in [6.45, 7) is 1.01. The van der Waals surface area contributed by atoms with Crippen LogP contribution in [0.2, 0.25) is 0 Å². The maximum atomic E-state index is 12.1. The first kappa shape index (κ1) is 12.8. The van der Waals surface area contributed by atoms with Crippen molar-refractivity contribution in [2.24, 2.45) is 0 Å². The minimum absolute atomic E-state index is 0.0471. The van der Waals surface area contributed by atoms with Gasteiger partial charge in [0.05, 0.1) is 18.2 Å². The van der Waals surface area contributed by atoms with Crippen molar-refractivity contribution in [2.75, 3.05) is 13.2 Å². The van der Waals surface area contributed by atoms with Crippen LogP contribution in [0.5, 0.6) is 0 Å². The summed E-state index contributed by atoms with van der Waals surface area (Å²) in [7, 11) is 0. The Kier molecular flexibility index (Phi) is 4.40. The van der Waals surface area contributed by atoms with Gasteiger partial charge in [0, 0.05) is 0 Å². The van der Waals surface area contributed by atoms with Crippen LogP contribution < -0.4 is 10.6 Å². The Balaban J connectivity index is 1.90. The predicted octanol–water partition coefficient (Wildman–Crippen LogP) is 0.940. The third-order valence-corrected chi connectivity index (χ3v) is 4.13. The van der Waals surface area contributed by atoms with Crippen molar-refractivity contribution in [2.45, 2.75) is 62.9 Å². The van der Waals surface area contributed by atoms with E-state index in [9.17, 15) is 9.90 Å². The van der Waals surface area contributed by atoms with Gasteiger partial charge in [-0.15, -0.1) is 0 Å². The molecule has 17 heavy (non-hydrogen) atoms. The van der Waals surface area contributed by atoms with E-state index < -0.39 is 0 Å². The van der Waals surface area contributed by atoms with Crippen molar-refractivity contribution in [3.8, 4) is 0 Å². The Morgan fingerprint density at radius 1 is 1.24 bits per heavy atom. The lowest BCUT2D eigenvalue weighted by atomic mass is 9.82. The normalized spacial score (nSPS) is 28.6. The van der Waals surface area contributed by atoms with Gasteiger partial charge in [-0.25, -0.2) is 0 Å². The lowest BCUT2D eigenvalue weighted by molar-refractivity contribution is -0.126. The minimum atomic E-state index is -0.339. The van der Waals surface area contributed by atoms with E-state index in [0.717, 1.165) is 51.5 Å². The number of hydrogen-bond donors (Lipinski definition) is 3. The molecule has 0 aromatic carbocycles. The fraction of sp³-hybridized carbons (Fsp3) is 0.923. The smallest absolute Gasteiger partial charge is 0.237 e. The van der Waals surface area contributed by atoms with Crippen LogP contribution in [0.4, 0.5) is 0 Å². The summed E-state index contributed by atoms with van der Waals surface area (Å²) in [6.07, 6.45) is 8.49. The van der Waals surface area contributed by atoms with Crippen LogP contribution in [0, 0.1) is 0 Å². The molecule has 1 atom stereocenters. The second kappa shape index (κ2) is 5.83. The van der Waals surface area contributed by atoms with E-state index in [-0.39, 0.29) is 24.1 Å². The summed E-state index contributed by atoms with van der Waals surface area (Å²) in [5, 5.41) is 15.9. The highest BCUT2D eigenvalue weighted by Gasteiger charge is 2.34. The van der Waals surface area contributed by atoms with Crippen LogP contribution in [0.25, 0.3) is 0 Å². The third-order valence-electron chi connectivity index (χ3n) is 4.13. The van der Waals surface area contributed by atoms with Gasteiger partial charge in [-0.2, -0.15) is 0 Å². The van der Waals surface area contributed by atoms with Crippen LogP contribution in [0.1, 0.15) is 51.4 Å². The minimum Gasteiger partial charge on any atom is -0.394 e. The van der Waals surface area contributed by atoms with E-state index in [1.165, 1.54) is 6.42 Å². The first-order chi connectivity index (χ1) is 8.26. The summed E-state index contributed by atoms with van der Waals surface area (Å²) in [4.78, 5) is 12.1. The summed E-state index contributed by atoms with van der Waals surface area (Å²) >= 11 is 0. The number of carbonyl (C=O) groups is 1. The number of hydrogen-bond acceptors (Lipinski definition) is 3. The van der Waals surface area contributed by atoms with Crippen molar-refractivity contribution in [3.63, 3.8) is 0 Å². The van der Waals surface area contributed by atoms with Crippen LogP contribution in [-0.4, -0.2) is 35.7 Å². The van der Waals surface area contributed by atoms with Crippen molar-refractivity contribution in [1.82, 2.24) is 10.6 Å². The molecular weight excluding hydrogens is 216 g/mol. The molecular formula is C13H24N2O2. The van der Waals surface area contributed by atoms with Gasteiger partial charge in [-0.3, -0.25) is 4.79 Å². The molecule has 4 heteroatoms. The molecule has 0 unspecified atom stereocenters. The fourth-order valence-electron chi connectivity index (χ4n) is 2.98. The summed E-state index contributed by atoms with van der Waals surface area (Å²) in [5.74, 6) is 0.0839. The number of aliphatic hydroxyl groups excluding tert-OH is 1. The number of amides is 1. The number of aliphatic hydroxyl groups is 1. The maximum Gasteiger partial charge on any atom is 0.237 e. The molecule has 1 amide bonds. The van der Waals surface area contributed by atoms with E-state index in [1.807, 2.05) is 0 Å². The Morgan fingerprint density at radius 3 is 2.59 bits per heavy atom. The van der Waals surface area contributed by atoms with E-state index in [2.05, 4.69) is 10.6 Å². The molecule has 0 aromatic rings. The summed E-state index contributed by atoms with van der Waals surface area (Å²) < 4.78 is 0. The number of rotatable bonds is 3. The Labute approximate surface area is 103 Å². The molecule has 3 N–H and O–H groups in total. The standard InChI is InChI=1S/C13H24N2O2/c16-10-13(7-3-1-4-8-13)15-12(17)11-6-2-5-9-14-11/h11,14,16H,1-10H2,(H,15,17)/t11-/m0/s1. The topological polar surface area (TPSA) is 61.4 Å². The lowest BCUT2D eigenvalue weighted by Gasteiger charge is -2.38. The highest BCUT2D eigenvalue weighted by molar-refractivity contribution is 5.82. The van der Waals surface area contributed by atoms with Gasteiger partial charge in [-0.05, 0) is 32.2 Å². The zero-order valence-corrected chi connectivity index (χ0v) is 10.5. The molecule has 98 valence electrons. The molecule has 4 nitrogen and oxygen atoms in total. The van der Waals surface area contributed by atoms with Crippen LogP contribution in [0.3, 0.4) is 0 Å². The van der Waals surface area contributed by atoms with Crippen molar-refractivity contribution < 1.29 is 9.90 Å². The summed E-state index contributed by atoms with van der Waals surface area (Å²) in [5.41, 5.74) is -0.339. The van der Waals surface area contributed by atoms with E-state index in [4.69, 9.17) is 0 Å². The Morgan fingerprint density at radius 2 is 2.00 bits per heavy atom. The second-order valence-corrected chi connectivity index (χ2v) is 5.49. The third kappa shape index (κ3) is 3.19. The molecule has 1 saturated heterocycles. The zero-order chi connectivity index (χ0) is 12.1. The number of nitrogens with one attached hydrogen (secondary N) is 2. The van der Waals surface area contributed by atoms with Gasteiger partial charge in [-0.1, -0.05) is 25.7 Å². The average Bonchev–Trinajstić information content (AvgIpc) is 2.41. The predicted molar refractivity (Wildman–Crippen MR) is 66.7 cm³/mol. The first-order valence-corrected chi connectivity index (χ1v) is 6.92. The molecule has 1 heterocycles. The Bertz CT molecular complexity index is 256. The summed E-state index contributed by atoms with van der Waals surface area (Å²) in [6, 6.07) is -0.0471. The van der Waals surface area contributed by atoms with E-state index >= 15 is 0 Å². The molecule has 2 rings (SSSR count).